The molecular formula is C7H13N3O. The summed E-state index contributed by atoms with van der Waals surface area (Å²) in [5.74, 6) is 1.56. The predicted octanol–water partition coefficient (Wildman–Crippen LogP) is 1.62. The molecule has 0 aliphatic heterocycles. The summed E-state index contributed by atoms with van der Waals surface area (Å²) in [7, 11) is 0. The fourth-order valence-electron chi connectivity index (χ4n) is 0.700. The maximum Gasteiger partial charge on any atom is 0.263 e. The summed E-state index contributed by atoms with van der Waals surface area (Å²) in [6.45, 7) is 6.84. The van der Waals surface area contributed by atoms with Gasteiger partial charge in [-0.2, -0.15) is 4.98 Å². The van der Waals surface area contributed by atoms with Crippen LogP contribution in [0, 0.1) is 0 Å². The minimum absolute atomic E-state index is 0.301. The summed E-state index contributed by atoms with van der Waals surface area (Å²) < 4.78 is 4.96. The van der Waals surface area contributed by atoms with E-state index in [2.05, 4.69) is 15.5 Å². The maximum absolute atomic E-state index is 4.96. The summed E-state index contributed by atoms with van der Waals surface area (Å²) in [5, 5.41) is 6.70. The maximum atomic E-state index is 4.96. The number of rotatable bonds is 3. The Morgan fingerprint density at radius 2 is 2.27 bits per heavy atom. The van der Waals surface area contributed by atoms with Crippen LogP contribution in [0.15, 0.2) is 4.52 Å². The van der Waals surface area contributed by atoms with Crippen LogP contribution in [0.25, 0.3) is 0 Å². The fraction of sp³-hybridized carbons (Fsp3) is 0.714. The normalized spacial score (nSPS) is 10.5. The molecule has 0 saturated heterocycles. The Labute approximate surface area is 66.0 Å². The highest BCUT2D eigenvalue weighted by atomic mass is 16.5. The molecule has 1 aromatic heterocycles. The van der Waals surface area contributed by atoms with Crippen LogP contribution in [-0.4, -0.2) is 16.7 Å². The second-order valence-corrected chi connectivity index (χ2v) is 2.64. The average Bonchev–Trinajstić information content (AvgIpc) is 2.37. The first-order chi connectivity index (χ1) is 5.24. The van der Waals surface area contributed by atoms with Crippen molar-refractivity contribution in [2.45, 2.75) is 26.7 Å². The second kappa shape index (κ2) is 3.37. The SMILES string of the molecule is CCNc1noc(C(C)C)n1. The van der Waals surface area contributed by atoms with Crippen molar-refractivity contribution in [3.8, 4) is 0 Å². The Hall–Kier alpha value is -1.06. The molecule has 0 aliphatic carbocycles. The van der Waals surface area contributed by atoms with E-state index in [1.54, 1.807) is 0 Å². The van der Waals surface area contributed by atoms with Gasteiger partial charge in [-0.1, -0.05) is 13.8 Å². The van der Waals surface area contributed by atoms with Crippen LogP contribution >= 0.6 is 0 Å². The molecule has 62 valence electrons. The van der Waals surface area contributed by atoms with Gasteiger partial charge in [0.1, 0.15) is 0 Å². The van der Waals surface area contributed by atoms with Crippen molar-refractivity contribution in [3.63, 3.8) is 0 Å². The van der Waals surface area contributed by atoms with E-state index in [0.717, 1.165) is 6.54 Å². The molecule has 0 aromatic carbocycles. The largest absolute Gasteiger partial charge is 0.352 e. The van der Waals surface area contributed by atoms with E-state index in [9.17, 15) is 0 Å². The first-order valence-corrected chi connectivity index (χ1v) is 3.81. The molecule has 11 heavy (non-hydrogen) atoms. The minimum atomic E-state index is 0.301. The van der Waals surface area contributed by atoms with Crippen LogP contribution in [-0.2, 0) is 0 Å². The number of hydrogen-bond acceptors (Lipinski definition) is 4. The molecule has 0 bridgehead atoms. The molecule has 1 N–H and O–H groups in total. The lowest BCUT2D eigenvalue weighted by Crippen LogP contribution is -1.98. The predicted molar refractivity (Wildman–Crippen MR) is 42.6 cm³/mol. The monoisotopic (exact) mass is 155 g/mol. The Kier molecular flexibility index (Phi) is 2.46. The van der Waals surface area contributed by atoms with Gasteiger partial charge in [-0.15, -0.1) is 0 Å². The molecule has 1 heterocycles. The zero-order valence-electron chi connectivity index (χ0n) is 7.09. The van der Waals surface area contributed by atoms with Gasteiger partial charge in [-0.25, -0.2) is 0 Å². The highest BCUT2D eigenvalue weighted by molar-refractivity contribution is 5.20. The highest BCUT2D eigenvalue weighted by Gasteiger charge is 2.07. The topological polar surface area (TPSA) is 51.0 Å². The van der Waals surface area contributed by atoms with Crippen molar-refractivity contribution in [1.82, 2.24) is 10.1 Å². The van der Waals surface area contributed by atoms with Gasteiger partial charge in [0.15, 0.2) is 0 Å². The third-order valence-corrected chi connectivity index (χ3v) is 1.27. The van der Waals surface area contributed by atoms with Crippen LogP contribution in [0.5, 0.6) is 0 Å². The van der Waals surface area contributed by atoms with Crippen molar-refractivity contribution in [2.24, 2.45) is 0 Å². The van der Waals surface area contributed by atoms with E-state index in [1.165, 1.54) is 0 Å². The number of aromatic nitrogens is 2. The minimum Gasteiger partial charge on any atom is -0.352 e. The van der Waals surface area contributed by atoms with Gasteiger partial charge in [-0.3, -0.25) is 0 Å². The number of anilines is 1. The standard InChI is InChI=1S/C7H13N3O/c1-4-8-7-9-6(5(2)3)11-10-7/h5H,4H2,1-3H3,(H,8,10). The molecule has 0 saturated carbocycles. The van der Waals surface area contributed by atoms with Crippen molar-refractivity contribution < 1.29 is 4.52 Å². The van der Waals surface area contributed by atoms with Crippen molar-refractivity contribution in [2.75, 3.05) is 11.9 Å². The van der Waals surface area contributed by atoms with Crippen molar-refractivity contribution in [1.29, 1.82) is 0 Å². The van der Waals surface area contributed by atoms with E-state index in [4.69, 9.17) is 4.52 Å². The van der Waals surface area contributed by atoms with Crippen LogP contribution in [0.1, 0.15) is 32.6 Å². The van der Waals surface area contributed by atoms with Gasteiger partial charge < -0.3 is 9.84 Å². The number of nitrogens with zero attached hydrogens (tertiary/aromatic N) is 2. The zero-order valence-corrected chi connectivity index (χ0v) is 7.09. The molecule has 4 heteroatoms. The molecule has 0 unspecified atom stereocenters. The Morgan fingerprint density at radius 3 is 2.73 bits per heavy atom. The van der Waals surface area contributed by atoms with Gasteiger partial charge in [0.05, 0.1) is 0 Å². The Morgan fingerprint density at radius 1 is 1.55 bits per heavy atom. The van der Waals surface area contributed by atoms with Crippen LogP contribution in [0.2, 0.25) is 0 Å². The third kappa shape index (κ3) is 1.93. The smallest absolute Gasteiger partial charge is 0.263 e. The van der Waals surface area contributed by atoms with Crippen LogP contribution in [0.3, 0.4) is 0 Å². The molecule has 0 fully saturated rings. The molecule has 1 aromatic rings. The summed E-state index contributed by atoms with van der Waals surface area (Å²) in [6, 6.07) is 0. The van der Waals surface area contributed by atoms with Gasteiger partial charge in [0.25, 0.3) is 5.95 Å². The molecule has 4 nitrogen and oxygen atoms in total. The quantitative estimate of drug-likeness (QED) is 0.720. The lowest BCUT2D eigenvalue weighted by molar-refractivity contribution is 0.366. The lowest BCUT2D eigenvalue weighted by atomic mass is 10.2. The molecule has 0 amide bonds. The van der Waals surface area contributed by atoms with Gasteiger partial charge >= 0.3 is 0 Å². The van der Waals surface area contributed by atoms with E-state index < -0.39 is 0 Å². The van der Waals surface area contributed by atoms with Gasteiger partial charge in [0, 0.05) is 12.5 Å². The lowest BCUT2D eigenvalue weighted by Gasteiger charge is -1.92. The van der Waals surface area contributed by atoms with Crippen molar-refractivity contribution in [3.05, 3.63) is 5.89 Å². The number of hydrogen-bond donors (Lipinski definition) is 1. The molecule has 1 rings (SSSR count). The highest BCUT2D eigenvalue weighted by Crippen LogP contribution is 2.12. The Bertz CT molecular complexity index is 219. The molecule has 0 atom stereocenters. The summed E-state index contributed by atoms with van der Waals surface area (Å²) in [6.07, 6.45) is 0. The molecule has 0 spiro atoms. The first kappa shape index (κ1) is 8.04. The van der Waals surface area contributed by atoms with E-state index in [0.29, 0.717) is 17.8 Å². The third-order valence-electron chi connectivity index (χ3n) is 1.27. The van der Waals surface area contributed by atoms with E-state index in [-0.39, 0.29) is 0 Å². The van der Waals surface area contributed by atoms with Crippen molar-refractivity contribution >= 4 is 5.95 Å². The zero-order chi connectivity index (χ0) is 8.27. The summed E-state index contributed by atoms with van der Waals surface area (Å²) >= 11 is 0. The van der Waals surface area contributed by atoms with E-state index >= 15 is 0 Å². The summed E-state index contributed by atoms with van der Waals surface area (Å²) in [4.78, 5) is 4.11. The number of nitrogens with one attached hydrogen (secondary N) is 1. The fourth-order valence-corrected chi connectivity index (χ4v) is 0.700. The van der Waals surface area contributed by atoms with Crippen LogP contribution < -0.4 is 5.32 Å². The van der Waals surface area contributed by atoms with Crippen LogP contribution in [0.4, 0.5) is 5.95 Å². The van der Waals surface area contributed by atoms with Gasteiger partial charge in [-0.05, 0) is 12.1 Å². The first-order valence-electron chi connectivity index (χ1n) is 3.81. The molecular weight excluding hydrogens is 142 g/mol. The summed E-state index contributed by atoms with van der Waals surface area (Å²) in [5.41, 5.74) is 0. The average molecular weight is 155 g/mol. The van der Waals surface area contributed by atoms with Gasteiger partial charge in [0.2, 0.25) is 5.89 Å². The molecule has 0 radical (unpaired) electrons. The Balaban J connectivity index is 2.66. The second-order valence-electron chi connectivity index (χ2n) is 2.64. The van der Waals surface area contributed by atoms with E-state index in [1.807, 2.05) is 20.8 Å². The molecule has 0 aliphatic rings.